The van der Waals surface area contributed by atoms with E-state index in [1.165, 1.54) is 25.0 Å². The van der Waals surface area contributed by atoms with Crippen molar-refractivity contribution in [2.45, 2.75) is 6.92 Å². The molecule has 0 atom stereocenters. The van der Waals surface area contributed by atoms with Crippen LogP contribution in [0.25, 0.3) is 0 Å². The Morgan fingerprint density at radius 3 is 2.64 bits per heavy atom. The van der Waals surface area contributed by atoms with E-state index in [-0.39, 0.29) is 5.78 Å². The van der Waals surface area contributed by atoms with Gasteiger partial charge in [0.05, 0.1) is 11.8 Å². The van der Waals surface area contributed by atoms with E-state index in [2.05, 4.69) is 9.97 Å². The summed E-state index contributed by atoms with van der Waals surface area (Å²) in [5, 5.41) is 0. The van der Waals surface area contributed by atoms with Gasteiger partial charge in [0.15, 0.2) is 5.76 Å². The van der Waals surface area contributed by atoms with E-state index < -0.39 is 0 Å². The number of aryl methyl sites for hydroxylation is 1. The van der Waals surface area contributed by atoms with Crippen molar-refractivity contribution < 1.29 is 9.21 Å². The van der Waals surface area contributed by atoms with Gasteiger partial charge in [-0.1, -0.05) is 0 Å². The molecule has 0 bridgehead atoms. The lowest BCUT2D eigenvalue weighted by molar-refractivity contribution is 0.101. The Labute approximate surface area is 80.6 Å². The van der Waals surface area contributed by atoms with Gasteiger partial charge in [-0.3, -0.25) is 4.79 Å². The summed E-state index contributed by atoms with van der Waals surface area (Å²) in [7, 11) is 0. The third kappa shape index (κ3) is 1.42. The molecular weight excluding hydrogens is 180 g/mol. The number of aromatic nitrogens is 2. The van der Waals surface area contributed by atoms with Crippen molar-refractivity contribution in [2.24, 2.45) is 0 Å². The number of furan rings is 1. The predicted molar refractivity (Wildman–Crippen MR) is 48.9 cm³/mol. The molecule has 0 amide bonds. The Kier molecular flexibility index (Phi) is 2.10. The number of rotatable bonds is 2. The van der Waals surface area contributed by atoms with Crippen LogP contribution in [0, 0.1) is 6.92 Å². The highest BCUT2D eigenvalue weighted by molar-refractivity contribution is 6.07. The standard InChI is InChI=1S/C10H8N2O2/c1-7-2-3-14-10(7)9(13)8-4-11-6-12-5-8/h2-6H,1H3. The molecule has 0 aromatic carbocycles. The van der Waals surface area contributed by atoms with Gasteiger partial charge in [0.2, 0.25) is 5.78 Å². The van der Waals surface area contributed by atoms with Crippen LogP contribution >= 0.6 is 0 Å². The Morgan fingerprint density at radius 2 is 2.07 bits per heavy atom. The van der Waals surface area contributed by atoms with Crippen molar-refractivity contribution in [3.63, 3.8) is 0 Å². The van der Waals surface area contributed by atoms with Gasteiger partial charge in [0, 0.05) is 12.4 Å². The Hall–Kier alpha value is -1.97. The van der Waals surface area contributed by atoms with Crippen LogP contribution in [0.4, 0.5) is 0 Å². The normalized spacial score (nSPS) is 10.1. The van der Waals surface area contributed by atoms with Gasteiger partial charge in [-0.2, -0.15) is 0 Å². The van der Waals surface area contributed by atoms with Crippen LogP contribution in [0.2, 0.25) is 0 Å². The van der Waals surface area contributed by atoms with Crippen LogP contribution in [0.3, 0.4) is 0 Å². The Bertz CT molecular complexity index is 448. The van der Waals surface area contributed by atoms with Crippen molar-refractivity contribution >= 4 is 5.78 Å². The lowest BCUT2D eigenvalue weighted by Crippen LogP contribution is -2.02. The van der Waals surface area contributed by atoms with Gasteiger partial charge >= 0.3 is 0 Å². The lowest BCUT2D eigenvalue weighted by Gasteiger charge is -1.96. The van der Waals surface area contributed by atoms with Crippen LogP contribution < -0.4 is 0 Å². The maximum Gasteiger partial charge on any atom is 0.231 e. The zero-order valence-electron chi connectivity index (χ0n) is 7.60. The second-order valence-corrected chi connectivity index (χ2v) is 2.89. The van der Waals surface area contributed by atoms with Crippen LogP contribution in [-0.4, -0.2) is 15.8 Å². The van der Waals surface area contributed by atoms with Gasteiger partial charge in [-0.05, 0) is 18.6 Å². The monoisotopic (exact) mass is 188 g/mol. The molecule has 0 unspecified atom stereocenters. The summed E-state index contributed by atoms with van der Waals surface area (Å²) in [6.45, 7) is 1.82. The van der Waals surface area contributed by atoms with Crippen molar-refractivity contribution in [1.29, 1.82) is 0 Å². The third-order valence-corrected chi connectivity index (χ3v) is 1.89. The summed E-state index contributed by atoms with van der Waals surface area (Å²) in [5.41, 5.74) is 1.25. The van der Waals surface area contributed by atoms with Gasteiger partial charge in [-0.15, -0.1) is 0 Å². The van der Waals surface area contributed by atoms with Crippen molar-refractivity contribution in [3.8, 4) is 0 Å². The first kappa shape index (κ1) is 8.62. The topological polar surface area (TPSA) is 56.0 Å². The summed E-state index contributed by atoms with van der Waals surface area (Å²) in [6.07, 6.45) is 5.81. The van der Waals surface area contributed by atoms with Crippen molar-refractivity contribution in [2.75, 3.05) is 0 Å². The SMILES string of the molecule is Cc1ccoc1C(=O)c1cncnc1. The van der Waals surface area contributed by atoms with E-state index in [0.29, 0.717) is 11.3 Å². The molecule has 0 aliphatic rings. The molecule has 14 heavy (non-hydrogen) atoms. The minimum Gasteiger partial charge on any atom is -0.461 e. The Balaban J connectivity index is 2.39. The molecule has 0 spiro atoms. The highest BCUT2D eigenvalue weighted by Crippen LogP contribution is 2.13. The molecule has 0 radical (unpaired) electrons. The predicted octanol–water partition coefficient (Wildman–Crippen LogP) is 1.61. The zero-order valence-corrected chi connectivity index (χ0v) is 7.60. The molecule has 2 aromatic rings. The molecule has 2 heterocycles. The summed E-state index contributed by atoms with van der Waals surface area (Å²) in [5.74, 6) is 0.160. The van der Waals surface area contributed by atoms with E-state index in [4.69, 9.17) is 4.42 Å². The summed E-state index contributed by atoms with van der Waals surface area (Å²) in [6, 6.07) is 1.75. The molecule has 2 aromatic heterocycles. The number of ketones is 1. The van der Waals surface area contributed by atoms with E-state index in [0.717, 1.165) is 5.56 Å². The number of hydrogen-bond donors (Lipinski definition) is 0. The van der Waals surface area contributed by atoms with E-state index >= 15 is 0 Å². The van der Waals surface area contributed by atoms with Crippen molar-refractivity contribution in [3.05, 3.63) is 47.9 Å². The van der Waals surface area contributed by atoms with Gasteiger partial charge in [-0.25, -0.2) is 9.97 Å². The molecule has 0 N–H and O–H groups in total. The first-order valence-electron chi connectivity index (χ1n) is 4.13. The van der Waals surface area contributed by atoms with E-state index in [1.54, 1.807) is 6.07 Å². The molecule has 0 saturated heterocycles. The molecule has 4 heteroatoms. The molecule has 0 aliphatic carbocycles. The third-order valence-electron chi connectivity index (χ3n) is 1.89. The van der Waals surface area contributed by atoms with Gasteiger partial charge < -0.3 is 4.42 Å². The summed E-state index contributed by atoms with van der Waals surface area (Å²) >= 11 is 0. The van der Waals surface area contributed by atoms with Crippen LogP contribution in [0.1, 0.15) is 21.7 Å². The highest BCUT2D eigenvalue weighted by atomic mass is 16.3. The summed E-state index contributed by atoms with van der Waals surface area (Å²) < 4.78 is 5.08. The molecular formula is C10H8N2O2. The fourth-order valence-corrected chi connectivity index (χ4v) is 1.15. The second-order valence-electron chi connectivity index (χ2n) is 2.89. The molecule has 0 fully saturated rings. The average Bonchev–Trinajstić information content (AvgIpc) is 2.65. The van der Waals surface area contributed by atoms with Crippen LogP contribution in [-0.2, 0) is 0 Å². The molecule has 0 aliphatic heterocycles. The molecule has 70 valence electrons. The smallest absolute Gasteiger partial charge is 0.231 e. The first-order valence-corrected chi connectivity index (χ1v) is 4.13. The highest BCUT2D eigenvalue weighted by Gasteiger charge is 2.14. The molecule has 4 nitrogen and oxygen atoms in total. The van der Waals surface area contributed by atoms with Gasteiger partial charge in [0.1, 0.15) is 6.33 Å². The fraction of sp³-hybridized carbons (Fsp3) is 0.100. The number of nitrogens with zero attached hydrogens (tertiary/aromatic N) is 2. The van der Waals surface area contributed by atoms with Crippen LogP contribution in [0.15, 0.2) is 35.5 Å². The minimum absolute atomic E-state index is 0.187. The van der Waals surface area contributed by atoms with Crippen LogP contribution in [0.5, 0.6) is 0 Å². The second kappa shape index (κ2) is 3.41. The van der Waals surface area contributed by atoms with Gasteiger partial charge in [0.25, 0.3) is 0 Å². The zero-order chi connectivity index (χ0) is 9.97. The van der Waals surface area contributed by atoms with E-state index in [9.17, 15) is 4.79 Å². The minimum atomic E-state index is -0.187. The molecule has 0 saturated carbocycles. The maximum absolute atomic E-state index is 11.8. The largest absolute Gasteiger partial charge is 0.461 e. The summed E-state index contributed by atoms with van der Waals surface area (Å²) in [4.78, 5) is 19.3. The number of hydrogen-bond acceptors (Lipinski definition) is 4. The first-order chi connectivity index (χ1) is 6.79. The average molecular weight is 188 g/mol. The quantitative estimate of drug-likeness (QED) is 0.672. The molecule has 2 rings (SSSR count). The maximum atomic E-state index is 11.8. The van der Waals surface area contributed by atoms with E-state index in [1.807, 2.05) is 6.92 Å². The lowest BCUT2D eigenvalue weighted by atomic mass is 10.1. The number of carbonyl (C=O) groups is 1. The number of carbonyl (C=O) groups excluding carboxylic acids is 1. The fourth-order valence-electron chi connectivity index (χ4n) is 1.15. The Morgan fingerprint density at radius 1 is 1.36 bits per heavy atom. The van der Waals surface area contributed by atoms with Crippen molar-refractivity contribution in [1.82, 2.24) is 9.97 Å².